The molecule has 3 radical (unpaired) electrons. The largest absolute Gasteiger partial charge is 0.256 e. The third-order valence-corrected chi connectivity index (χ3v) is 1.51. The molecule has 0 spiro atoms. The fourth-order valence-electron chi connectivity index (χ4n) is 1.02. The topological polar surface area (TPSA) is 12.9 Å². The molecule has 11 heavy (non-hydrogen) atoms. The van der Waals surface area contributed by atoms with Gasteiger partial charge >= 0.3 is 0 Å². The average molecular weight is 244 g/mol. The first kappa shape index (κ1) is 8.60. The fraction of sp³-hybridized carbons (Fsp3) is 0. The van der Waals surface area contributed by atoms with E-state index in [1.165, 1.54) is 5.39 Å². The zero-order valence-corrected chi connectivity index (χ0v) is 9.36. The molecule has 0 amide bonds. The van der Waals surface area contributed by atoms with Crippen LogP contribution >= 0.6 is 0 Å². The van der Waals surface area contributed by atoms with Gasteiger partial charge in [-0.05, 0) is 12.1 Å². The van der Waals surface area contributed by atoms with E-state index < -0.39 is 0 Å². The summed E-state index contributed by atoms with van der Waals surface area (Å²) < 4.78 is 0. The Hall–Kier alpha value is -0.500. The van der Waals surface area contributed by atoms with Crippen LogP contribution in [0.5, 0.6) is 0 Å². The van der Waals surface area contributed by atoms with Gasteiger partial charge in [-0.3, -0.25) is 4.98 Å². The van der Waals surface area contributed by atoms with Gasteiger partial charge in [0.2, 0.25) is 0 Å². The zero-order valence-electron chi connectivity index (χ0n) is 6.07. The van der Waals surface area contributed by atoms with Crippen molar-refractivity contribution in [3.8, 4) is 0 Å². The standard InChI is InChI=1S/C9H7N.In/c1-2-6-9-8(4-1)5-3-7-10-9;/h1-7H;. The molecule has 0 aliphatic heterocycles. The van der Waals surface area contributed by atoms with E-state index in [1.54, 1.807) is 0 Å². The number of aromatic nitrogens is 1. The van der Waals surface area contributed by atoms with E-state index in [9.17, 15) is 0 Å². The Labute approximate surface area is 84.2 Å². The normalized spacial score (nSPS) is 9.09. The summed E-state index contributed by atoms with van der Waals surface area (Å²) in [6, 6.07) is 12.1. The number of para-hydroxylation sites is 1. The minimum atomic E-state index is 0. The van der Waals surface area contributed by atoms with Crippen molar-refractivity contribution in [2.75, 3.05) is 0 Å². The van der Waals surface area contributed by atoms with Crippen LogP contribution in [0.1, 0.15) is 0 Å². The van der Waals surface area contributed by atoms with Crippen molar-refractivity contribution < 1.29 is 0 Å². The van der Waals surface area contributed by atoms with E-state index in [2.05, 4.69) is 17.1 Å². The van der Waals surface area contributed by atoms with E-state index in [0.29, 0.717) is 0 Å². The van der Waals surface area contributed by atoms with Gasteiger partial charge in [-0.25, -0.2) is 0 Å². The first-order valence-electron chi connectivity index (χ1n) is 3.26. The van der Waals surface area contributed by atoms with Gasteiger partial charge in [-0.1, -0.05) is 24.3 Å². The molecule has 2 aromatic rings. The third kappa shape index (κ3) is 1.74. The van der Waals surface area contributed by atoms with Crippen molar-refractivity contribution in [1.29, 1.82) is 0 Å². The maximum atomic E-state index is 4.18. The monoisotopic (exact) mass is 244 g/mol. The van der Waals surface area contributed by atoms with Crippen LogP contribution in [0.15, 0.2) is 42.6 Å². The molecule has 0 aliphatic carbocycles. The smallest absolute Gasteiger partial charge is 0.0701 e. The summed E-state index contributed by atoms with van der Waals surface area (Å²) in [5, 5.41) is 1.20. The summed E-state index contributed by atoms with van der Waals surface area (Å²) in [6.07, 6.45) is 1.81. The number of benzene rings is 1. The molecule has 0 N–H and O–H groups in total. The number of hydrogen-bond acceptors (Lipinski definition) is 1. The Morgan fingerprint density at radius 2 is 1.64 bits per heavy atom. The van der Waals surface area contributed by atoms with Crippen molar-refractivity contribution in [1.82, 2.24) is 4.98 Å². The van der Waals surface area contributed by atoms with Crippen molar-refractivity contribution in [3.05, 3.63) is 42.6 Å². The molecule has 2 heteroatoms. The number of pyridine rings is 1. The maximum Gasteiger partial charge on any atom is 0.0701 e. The van der Waals surface area contributed by atoms with Crippen LogP contribution in [0.2, 0.25) is 0 Å². The molecule has 0 saturated heterocycles. The number of hydrogen-bond donors (Lipinski definition) is 0. The molecule has 0 atom stereocenters. The van der Waals surface area contributed by atoms with Crippen LogP contribution in [0.3, 0.4) is 0 Å². The quantitative estimate of drug-likeness (QED) is 0.689. The molecular weight excluding hydrogens is 237 g/mol. The minimum absolute atomic E-state index is 0. The van der Waals surface area contributed by atoms with Crippen LogP contribution < -0.4 is 0 Å². The van der Waals surface area contributed by atoms with Crippen molar-refractivity contribution in [2.24, 2.45) is 0 Å². The predicted octanol–water partition coefficient (Wildman–Crippen LogP) is 1.85. The van der Waals surface area contributed by atoms with E-state index in [4.69, 9.17) is 0 Å². The Morgan fingerprint density at radius 1 is 0.909 bits per heavy atom. The molecule has 1 nitrogen and oxygen atoms in total. The van der Waals surface area contributed by atoms with Gasteiger partial charge in [0, 0.05) is 37.4 Å². The van der Waals surface area contributed by atoms with Crippen molar-refractivity contribution in [2.45, 2.75) is 0 Å². The summed E-state index contributed by atoms with van der Waals surface area (Å²) in [5.74, 6) is 0. The molecule has 0 saturated carbocycles. The van der Waals surface area contributed by atoms with E-state index >= 15 is 0 Å². The van der Waals surface area contributed by atoms with Crippen LogP contribution in [-0.4, -0.2) is 30.8 Å². The van der Waals surface area contributed by atoms with Crippen LogP contribution in [0, 0.1) is 0 Å². The second-order valence-electron chi connectivity index (χ2n) is 2.20. The Morgan fingerprint density at radius 3 is 2.45 bits per heavy atom. The minimum Gasteiger partial charge on any atom is -0.256 e. The van der Waals surface area contributed by atoms with Crippen LogP contribution in [0.4, 0.5) is 0 Å². The van der Waals surface area contributed by atoms with Crippen molar-refractivity contribution >= 4 is 36.7 Å². The van der Waals surface area contributed by atoms with Gasteiger partial charge in [-0.15, -0.1) is 0 Å². The zero-order chi connectivity index (χ0) is 6.81. The summed E-state index contributed by atoms with van der Waals surface area (Å²) in [7, 11) is 0. The van der Waals surface area contributed by atoms with E-state index in [-0.39, 0.29) is 25.8 Å². The molecule has 1 aromatic carbocycles. The maximum absolute atomic E-state index is 4.18. The van der Waals surface area contributed by atoms with Gasteiger partial charge < -0.3 is 0 Å². The van der Waals surface area contributed by atoms with Crippen molar-refractivity contribution in [3.63, 3.8) is 0 Å². The Kier molecular flexibility index (Phi) is 2.94. The van der Waals surface area contributed by atoms with Gasteiger partial charge in [0.25, 0.3) is 0 Å². The molecule has 1 heterocycles. The Balaban J connectivity index is 0.000000605. The Bertz CT molecular complexity index is 281. The predicted molar refractivity (Wildman–Crippen MR) is 47.5 cm³/mol. The first-order chi connectivity index (χ1) is 4.97. The number of rotatable bonds is 0. The van der Waals surface area contributed by atoms with Crippen LogP contribution in [0.25, 0.3) is 10.9 Å². The average Bonchev–Trinajstić information content (AvgIpc) is 2.05. The van der Waals surface area contributed by atoms with E-state index in [0.717, 1.165) is 5.52 Å². The number of nitrogens with zero attached hydrogens (tertiary/aromatic N) is 1. The summed E-state index contributed by atoms with van der Waals surface area (Å²) in [6.45, 7) is 0. The second-order valence-corrected chi connectivity index (χ2v) is 2.20. The molecular formula is C9H7InN. The van der Waals surface area contributed by atoms with Gasteiger partial charge in [0.15, 0.2) is 0 Å². The molecule has 51 valence electrons. The van der Waals surface area contributed by atoms with Gasteiger partial charge in [0.1, 0.15) is 0 Å². The molecule has 0 bridgehead atoms. The molecule has 0 aliphatic rings. The molecule has 0 unspecified atom stereocenters. The SMILES string of the molecule is [In].c1ccc2ncccc2c1. The first-order valence-corrected chi connectivity index (χ1v) is 3.26. The third-order valence-electron chi connectivity index (χ3n) is 1.51. The summed E-state index contributed by atoms with van der Waals surface area (Å²) in [5.41, 5.74) is 1.06. The van der Waals surface area contributed by atoms with Gasteiger partial charge in [-0.2, -0.15) is 0 Å². The second kappa shape index (κ2) is 3.77. The summed E-state index contributed by atoms with van der Waals surface area (Å²) >= 11 is 0. The van der Waals surface area contributed by atoms with E-state index in [1.807, 2.05) is 30.5 Å². The fourth-order valence-corrected chi connectivity index (χ4v) is 1.02. The number of fused-ring (bicyclic) bond motifs is 1. The summed E-state index contributed by atoms with van der Waals surface area (Å²) in [4.78, 5) is 4.18. The van der Waals surface area contributed by atoms with Crippen LogP contribution in [-0.2, 0) is 0 Å². The molecule has 1 aromatic heterocycles. The molecule has 0 fully saturated rings. The molecule has 2 rings (SSSR count). The van der Waals surface area contributed by atoms with Gasteiger partial charge in [0.05, 0.1) is 5.52 Å².